The van der Waals surface area contributed by atoms with Crippen LogP contribution in [-0.2, 0) is 4.79 Å². The fraction of sp³-hybridized carbons (Fsp3) is 0.160. The van der Waals surface area contributed by atoms with Gasteiger partial charge in [-0.3, -0.25) is 9.59 Å². The molecule has 3 aromatic heterocycles. The molecule has 166 valence electrons. The van der Waals surface area contributed by atoms with Crippen molar-refractivity contribution in [2.75, 3.05) is 26.2 Å². The van der Waals surface area contributed by atoms with Crippen molar-refractivity contribution >= 4 is 40.6 Å². The van der Waals surface area contributed by atoms with Crippen LogP contribution in [-0.4, -0.2) is 57.6 Å². The Hall–Kier alpha value is -3.49. The summed E-state index contributed by atoms with van der Waals surface area (Å²) in [6, 6.07) is 17.7. The molecule has 4 aromatic rings. The van der Waals surface area contributed by atoms with Crippen molar-refractivity contribution in [2.24, 2.45) is 0 Å². The van der Waals surface area contributed by atoms with Crippen LogP contribution in [0.4, 0.5) is 0 Å². The molecule has 1 fully saturated rings. The van der Waals surface area contributed by atoms with Crippen LogP contribution in [0.1, 0.15) is 15.2 Å². The monoisotopic (exact) mass is 474 g/mol. The molecule has 5 rings (SSSR count). The SMILES string of the molecule is O=C(C=Cc1cn(-c2ccccc2)nc1-c1cccs1)N1CCN(C(=O)c2cccs2)CC1. The van der Waals surface area contributed by atoms with Gasteiger partial charge in [-0.15, -0.1) is 22.7 Å². The number of rotatable bonds is 5. The number of carbonyl (C=O) groups is 2. The average Bonchev–Trinajstić information content (AvgIpc) is 3.64. The van der Waals surface area contributed by atoms with Crippen molar-refractivity contribution in [3.05, 3.63) is 88.1 Å². The van der Waals surface area contributed by atoms with E-state index in [1.807, 2.05) is 87.2 Å². The van der Waals surface area contributed by atoms with Crippen molar-refractivity contribution in [2.45, 2.75) is 0 Å². The molecule has 4 heterocycles. The Bertz CT molecular complexity index is 1250. The lowest BCUT2D eigenvalue weighted by atomic mass is 10.2. The number of aromatic nitrogens is 2. The highest BCUT2D eigenvalue weighted by atomic mass is 32.1. The third-order valence-corrected chi connectivity index (χ3v) is 7.27. The van der Waals surface area contributed by atoms with E-state index in [0.717, 1.165) is 26.7 Å². The minimum Gasteiger partial charge on any atom is -0.336 e. The highest BCUT2D eigenvalue weighted by molar-refractivity contribution is 7.13. The Morgan fingerprint density at radius 2 is 1.58 bits per heavy atom. The maximum atomic E-state index is 12.9. The first-order chi connectivity index (χ1) is 16.2. The molecule has 1 aliphatic rings. The van der Waals surface area contributed by atoms with Crippen molar-refractivity contribution in [1.82, 2.24) is 19.6 Å². The molecule has 0 spiro atoms. The lowest BCUT2D eigenvalue weighted by Crippen LogP contribution is -2.50. The Balaban J connectivity index is 1.29. The minimum absolute atomic E-state index is 0.0431. The minimum atomic E-state index is -0.0530. The molecule has 0 saturated carbocycles. The summed E-state index contributed by atoms with van der Waals surface area (Å²) in [5.74, 6) is -0.00984. The molecule has 0 aliphatic carbocycles. The fourth-order valence-corrected chi connectivity index (χ4v) is 5.20. The van der Waals surface area contributed by atoms with Crippen LogP contribution in [0.5, 0.6) is 0 Å². The van der Waals surface area contributed by atoms with E-state index < -0.39 is 0 Å². The Morgan fingerprint density at radius 3 is 2.27 bits per heavy atom. The summed E-state index contributed by atoms with van der Waals surface area (Å²) in [5, 5.41) is 8.70. The quantitative estimate of drug-likeness (QED) is 0.395. The van der Waals surface area contributed by atoms with E-state index in [1.54, 1.807) is 22.3 Å². The van der Waals surface area contributed by atoms with Gasteiger partial charge in [0.05, 0.1) is 15.4 Å². The predicted octanol–water partition coefficient (Wildman–Crippen LogP) is 4.66. The Kier molecular flexibility index (Phi) is 6.19. The molecule has 6 nitrogen and oxygen atoms in total. The lowest BCUT2D eigenvalue weighted by molar-refractivity contribution is -0.127. The Labute approximate surface area is 200 Å². The molecular formula is C25H22N4O2S2. The van der Waals surface area contributed by atoms with Crippen molar-refractivity contribution < 1.29 is 9.59 Å². The summed E-state index contributed by atoms with van der Waals surface area (Å²) in [6.45, 7) is 2.15. The van der Waals surface area contributed by atoms with E-state index in [9.17, 15) is 9.59 Å². The number of hydrogen-bond acceptors (Lipinski definition) is 5. The number of thiophene rings is 2. The van der Waals surface area contributed by atoms with Gasteiger partial charge in [-0.25, -0.2) is 4.68 Å². The second-order valence-corrected chi connectivity index (χ2v) is 9.51. The zero-order valence-electron chi connectivity index (χ0n) is 17.8. The molecular weight excluding hydrogens is 452 g/mol. The molecule has 33 heavy (non-hydrogen) atoms. The fourth-order valence-electron chi connectivity index (χ4n) is 3.78. The zero-order valence-corrected chi connectivity index (χ0v) is 19.5. The molecule has 0 bridgehead atoms. The van der Waals surface area contributed by atoms with Gasteiger partial charge in [0.2, 0.25) is 5.91 Å². The Morgan fingerprint density at radius 1 is 0.848 bits per heavy atom. The van der Waals surface area contributed by atoms with Gasteiger partial charge in [0, 0.05) is 44.0 Å². The van der Waals surface area contributed by atoms with Crippen LogP contribution < -0.4 is 0 Å². The summed E-state index contributed by atoms with van der Waals surface area (Å²) < 4.78 is 1.84. The van der Waals surface area contributed by atoms with Gasteiger partial charge < -0.3 is 9.80 Å². The number of amides is 2. The second-order valence-electron chi connectivity index (χ2n) is 7.62. The maximum absolute atomic E-state index is 12.9. The van der Waals surface area contributed by atoms with Gasteiger partial charge in [0.15, 0.2) is 0 Å². The van der Waals surface area contributed by atoms with Crippen LogP contribution >= 0.6 is 22.7 Å². The molecule has 0 N–H and O–H groups in total. The number of para-hydroxylation sites is 1. The van der Waals surface area contributed by atoms with Crippen LogP contribution in [0, 0.1) is 0 Å². The van der Waals surface area contributed by atoms with E-state index >= 15 is 0 Å². The van der Waals surface area contributed by atoms with Crippen LogP contribution in [0.25, 0.3) is 22.3 Å². The van der Waals surface area contributed by atoms with Gasteiger partial charge in [-0.2, -0.15) is 5.10 Å². The predicted molar refractivity (Wildman–Crippen MR) is 133 cm³/mol. The number of nitrogens with zero attached hydrogens (tertiary/aromatic N) is 4. The molecule has 8 heteroatoms. The van der Waals surface area contributed by atoms with Crippen LogP contribution in [0.15, 0.2) is 77.6 Å². The lowest BCUT2D eigenvalue weighted by Gasteiger charge is -2.34. The molecule has 0 unspecified atom stereocenters. The summed E-state index contributed by atoms with van der Waals surface area (Å²) in [6.07, 6.45) is 5.40. The second kappa shape index (κ2) is 9.56. The summed E-state index contributed by atoms with van der Waals surface area (Å²) in [4.78, 5) is 30.8. The van der Waals surface area contributed by atoms with Gasteiger partial charge in [0.25, 0.3) is 5.91 Å². The standard InChI is InChI=1S/C25H22N4O2S2/c30-23(27-12-14-28(15-13-27)25(31)22-9-5-17-33-22)11-10-19-18-29(20-6-2-1-3-7-20)26-24(19)21-8-4-16-32-21/h1-11,16-18H,12-15H2. The van der Waals surface area contributed by atoms with Gasteiger partial charge in [-0.05, 0) is 41.1 Å². The average molecular weight is 475 g/mol. The van der Waals surface area contributed by atoms with Crippen LogP contribution in [0.3, 0.4) is 0 Å². The molecule has 1 aromatic carbocycles. The first-order valence-electron chi connectivity index (χ1n) is 10.7. The van der Waals surface area contributed by atoms with E-state index in [-0.39, 0.29) is 11.8 Å². The smallest absolute Gasteiger partial charge is 0.264 e. The van der Waals surface area contributed by atoms with Crippen molar-refractivity contribution in [3.63, 3.8) is 0 Å². The van der Waals surface area contributed by atoms with E-state index in [1.165, 1.54) is 11.3 Å². The number of benzene rings is 1. The van der Waals surface area contributed by atoms with Gasteiger partial charge in [-0.1, -0.05) is 30.3 Å². The molecule has 1 saturated heterocycles. The third kappa shape index (κ3) is 4.67. The highest BCUT2D eigenvalue weighted by Gasteiger charge is 2.24. The summed E-state index contributed by atoms with van der Waals surface area (Å²) >= 11 is 3.07. The first kappa shape index (κ1) is 21.4. The molecule has 1 aliphatic heterocycles. The molecule has 0 radical (unpaired) electrons. The molecule has 0 atom stereocenters. The zero-order chi connectivity index (χ0) is 22.6. The van der Waals surface area contributed by atoms with E-state index in [0.29, 0.717) is 26.2 Å². The summed E-state index contributed by atoms with van der Waals surface area (Å²) in [7, 11) is 0. The van der Waals surface area contributed by atoms with E-state index in [4.69, 9.17) is 5.10 Å². The van der Waals surface area contributed by atoms with Crippen LogP contribution in [0.2, 0.25) is 0 Å². The third-order valence-electron chi connectivity index (χ3n) is 5.53. The normalized spacial score (nSPS) is 14.2. The topological polar surface area (TPSA) is 58.4 Å². The maximum Gasteiger partial charge on any atom is 0.264 e. The van der Waals surface area contributed by atoms with Gasteiger partial charge in [0.1, 0.15) is 5.69 Å². The van der Waals surface area contributed by atoms with E-state index in [2.05, 4.69) is 0 Å². The number of carbonyl (C=O) groups excluding carboxylic acids is 2. The largest absolute Gasteiger partial charge is 0.336 e. The number of hydrogen-bond donors (Lipinski definition) is 0. The summed E-state index contributed by atoms with van der Waals surface area (Å²) in [5.41, 5.74) is 2.71. The first-order valence-corrected chi connectivity index (χ1v) is 12.4. The van der Waals surface area contributed by atoms with Crippen molar-refractivity contribution in [3.8, 4) is 16.3 Å². The number of piperazine rings is 1. The van der Waals surface area contributed by atoms with Gasteiger partial charge >= 0.3 is 0 Å². The highest BCUT2D eigenvalue weighted by Crippen LogP contribution is 2.28. The molecule has 2 amide bonds. The van der Waals surface area contributed by atoms with Crippen molar-refractivity contribution in [1.29, 1.82) is 0 Å².